The maximum absolute atomic E-state index is 13.3. The molecule has 2 aromatic heterocycles. The topological polar surface area (TPSA) is 86.0 Å². The molecular formula is C17H14F2N4O3S. The Bertz CT molecular complexity index is 1120. The Balaban J connectivity index is 1.66. The van der Waals surface area contributed by atoms with Gasteiger partial charge >= 0.3 is 5.69 Å². The number of carbonyl (C=O) groups is 1. The second-order valence-electron chi connectivity index (χ2n) is 5.73. The second kappa shape index (κ2) is 7.62. The predicted octanol–water partition coefficient (Wildman–Crippen LogP) is 1.51. The van der Waals surface area contributed by atoms with Gasteiger partial charge in [0.2, 0.25) is 5.91 Å². The Morgan fingerprint density at radius 1 is 1.22 bits per heavy atom. The molecule has 7 nitrogen and oxygen atoms in total. The lowest BCUT2D eigenvalue weighted by atomic mass is 10.1. The van der Waals surface area contributed by atoms with E-state index in [1.54, 1.807) is 0 Å². The van der Waals surface area contributed by atoms with E-state index in [9.17, 15) is 23.2 Å². The van der Waals surface area contributed by atoms with Crippen molar-refractivity contribution < 1.29 is 13.6 Å². The summed E-state index contributed by atoms with van der Waals surface area (Å²) in [6.07, 6.45) is 3.12. The van der Waals surface area contributed by atoms with Crippen LogP contribution in [0.4, 0.5) is 13.9 Å². The average Bonchev–Trinajstić information content (AvgIpc) is 3.05. The van der Waals surface area contributed by atoms with Crippen LogP contribution in [-0.4, -0.2) is 20.0 Å². The van der Waals surface area contributed by atoms with Crippen LogP contribution in [-0.2, 0) is 24.8 Å². The number of amides is 1. The van der Waals surface area contributed by atoms with Gasteiger partial charge in [0.25, 0.3) is 5.56 Å². The zero-order valence-electron chi connectivity index (χ0n) is 14.1. The fraction of sp³-hybridized carbons (Fsp3) is 0.176. The SMILES string of the molecule is Cn1c(=O)ccn(CC(=O)Nc2ncc(Cc3ccc(F)c(F)c3)s2)c1=O. The number of benzene rings is 1. The molecule has 0 aliphatic rings. The molecule has 0 aliphatic carbocycles. The molecule has 140 valence electrons. The monoisotopic (exact) mass is 392 g/mol. The lowest BCUT2D eigenvalue weighted by molar-refractivity contribution is -0.116. The van der Waals surface area contributed by atoms with Crippen LogP contribution in [0.15, 0.2) is 46.2 Å². The van der Waals surface area contributed by atoms with Crippen molar-refractivity contribution in [2.24, 2.45) is 7.05 Å². The third-order valence-electron chi connectivity index (χ3n) is 3.74. The van der Waals surface area contributed by atoms with Gasteiger partial charge in [-0.3, -0.25) is 18.7 Å². The summed E-state index contributed by atoms with van der Waals surface area (Å²) in [6.45, 7) is -0.273. The highest BCUT2D eigenvalue weighted by atomic mass is 32.1. The number of nitrogens with zero attached hydrogens (tertiary/aromatic N) is 3. The van der Waals surface area contributed by atoms with E-state index in [2.05, 4.69) is 10.3 Å². The minimum absolute atomic E-state index is 0.273. The van der Waals surface area contributed by atoms with E-state index < -0.39 is 28.8 Å². The molecule has 0 radical (unpaired) electrons. The van der Waals surface area contributed by atoms with Crippen LogP contribution in [0, 0.1) is 11.6 Å². The zero-order chi connectivity index (χ0) is 19.6. The zero-order valence-corrected chi connectivity index (χ0v) is 14.9. The van der Waals surface area contributed by atoms with Crippen molar-refractivity contribution in [2.75, 3.05) is 5.32 Å². The van der Waals surface area contributed by atoms with Gasteiger partial charge in [-0.1, -0.05) is 6.07 Å². The average molecular weight is 392 g/mol. The molecule has 3 aromatic rings. The van der Waals surface area contributed by atoms with Gasteiger partial charge in [-0.15, -0.1) is 11.3 Å². The van der Waals surface area contributed by atoms with E-state index in [4.69, 9.17) is 0 Å². The van der Waals surface area contributed by atoms with E-state index in [0.717, 1.165) is 26.1 Å². The van der Waals surface area contributed by atoms with Crippen molar-refractivity contribution >= 4 is 22.4 Å². The number of hydrogen-bond donors (Lipinski definition) is 1. The van der Waals surface area contributed by atoms with Crippen LogP contribution < -0.4 is 16.6 Å². The molecule has 0 spiro atoms. The molecule has 27 heavy (non-hydrogen) atoms. The van der Waals surface area contributed by atoms with Crippen LogP contribution in [0.1, 0.15) is 10.4 Å². The number of thiazole rings is 1. The van der Waals surface area contributed by atoms with Gasteiger partial charge < -0.3 is 5.32 Å². The molecule has 1 amide bonds. The summed E-state index contributed by atoms with van der Waals surface area (Å²) in [7, 11) is 1.32. The Hall–Kier alpha value is -3.14. The third-order valence-corrected chi connectivity index (χ3v) is 4.65. The smallest absolute Gasteiger partial charge is 0.300 e. The molecule has 1 aromatic carbocycles. The lowest BCUT2D eigenvalue weighted by Gasteiger charge is -2.06. The van der Waals surface area contributed by atoms with Crippen LogP contribution in [0.3, 0.4) is 0 Å². The van der Waals surface area contributed by atoms with Crippen molar-refractivity contribution in [3.63, 3.8) is 0 Å². The predicted molar refractivity (Wildman–Crippen MR) is 95.9 cm³/mol. The van der Waals surface area contributed by atoms with E-state index in [0.29, 0.717) is 17.1 Å². The van der Waals surface area contributed by atoms with Gasteiger partial charge in [-0.25, -0.2) is 18.6 Å². The fourth-order valence-electron chi connectivity index (χ4n) is 2.35. The molecule has 0 bridgehead atoms. The molecule has 3 rings (SSSR count). The van der Waals surface area contributed by atoms with Crippen molar-refractivity contribution in [1.29, 1.82) is 0 Å². The third kappa shape index (κ3) is 4.34. The van der Waals surface area contributed by atoms with E-state index in [1.807, 2.05) is 0 Å². The standard InChI is InChI=1S/C17H14F2N4O3S/c1-22-15(25)4-5-23(17(22)26)9-14(24)21-16-20-8-11(27-16)6-10-2-3-12(18)13(19)7-10/h2-5,7-8H,6,9H2,1H3,(H,20,21,24). The Kier molecular flexibility index (Phi) is 5.26. The van der Waals surface area contributed by atoms with E-state index >= 15 is 0 Å². The van der Waals surface area contributed by atoms with E-state index in [-0.39, 0.29) is 6.54 Å². The van der Waals surface area contributed by atoms with Crippen molar-refractivity contribution in [3.05, 3.63) is 79.6 Å². The second-order valence-corrected chi connectivity index (χ2v) is 6.84. The minimum Gasteiger partial charge on any atom is -0.300 e. The summed E-state index contributed by atoms with van der Waals surface area (Å²) in [6, 6.07) is 4.83. The minimum atomic E-state index is -0.923. The van der Waals surface area contributed by atoms with Gasteiger partial charge in [0.15, 0.2) is 16.8 Å². The molecule has 10 heteroatoms. The number of aromatic nitrogens is 3. The lowest BCUT2D eigenvalue weighted by Crippen LogP contribution is -2.38. The first-order valence-corrected chi connectivity index (χ1v) is 8.60. The maximum Gasteiger partial charge on any atom is 0.331 e. The summed E-state index contributed by atoms with van der Waals surface area (Å²) in [4.78, 5) is 40.2. The first-order valence-electron chi connectivity index (χ1n) is 7.78. The number of halogens is 2. The van der Waals surface area contributed by atoms with Crippen LogP contribution in [0.25, 0.3) is 0 Å². The molecule has 0 unspecified atom stereocenters. The molecule has 0 saturated heterocycles. The largest absolute Gasteiger partial charge is 0.331 e. The normalized spacial score (nSPS) is 10.8. The quantitative estimate of drug-likeness (QED) is 0.713. The molecule has 2 heterocycles. The first kappa shape index (κ1) is 18.6. The van der Waals surface area contributed by atoms with Crippen molar-refractivity contribution in [2.45, 2.75) is 13.0 Å². The number of rotatable bonds is 5. The molecule has 0 fully saturated rings. The van der Waals surface area contributed by atoms with Crippen molar-refractivity contribution in [1.82, 2.24) is 14.1 Å². The highest BCUT2D eigenvalue weighted by Gasteiger charge is 2.11. The van der Waals surface area contributed by atoms with Gasteiger partial charge in [0.1, 0.15) is 6.54 Å². The van der Waals surface area contributed by atoms with Gasteiger partial charge in [0, 0.05) is 36.8 Å². The van der Waals surface area contributed by atoms with E-state index in [1.165, 1.54) is 42.9 Å². The highest BCUT2D eigenvalue weighted by molar-refractivity contribution is 7.15. The van der Waals surface area contributed by atoms with Crippen LogP contribution >= 0.6 is 11.3 Å². The molecule has 0 atom stereocenters. The summed E-state index contributed by atoms with van der Waals surface area (Å²) < 4.78 is 28.2. The summed E-state index contributed by atoms with van der Waals surface area (Å²) in [5.41, 5.74) is -0.485. The fourth-order valence-corrected chi connectivity index (χ4v) is 3.21. The van der Waals surface area contributed by atoms with Crippen LogP contribution in [0.5, 0.6) is 0 Å². The summed E-state index contributed by atoms with van der Waals surface area (Å²) in [5, 5.41) is 2.88. The Morgan fingerprint density at radius 2 is 2.00 bits per heavy atom. The number of nitrogens with one attached hydrogen (secondary N) is 1. The molecule has 0 aliphatic heterocycles. The molecule has 0 saturated carbocycles. The van der Waals surface area contributed by atoms with Crippen molar-refractivity contribution in [3.8, 4) is 0 Å². The number of hydrogen-bond acceptors (Lipinski definition) is 5. The first-order chi connectivity index (χ1) is 12.8. The molecule has 1 N–H and O–H groups in total. The number of carbonyl (C=O) groups excluding carboxylic acids is 1. The Labute approximate surface area is 155 Å². The van der Waals surface area contributed by atoms with Gasteiger partial charge in [-0.2, -0.15) is 0 Å². The highest BCUT2D eigenvalue weighted by Crippen LogP contribution is 2.22. The molecular weight excluding hydrogens is 378 g/mol. The maximum atomic E-state index is 13.3. The van der Waals surface area contributed by atoms with Gasteiger partial charge in [0.05, 0.1) is 0 Å². The van der Waals surface area contributed by atoms with Gasteiger partial charge in [-0.05, 0) is 17.7 Å². The summed E-state index contributed by atoms with van der Waals surface area (Å²) >= 11 is 1.18. The summed E-state index contributed by atoms with van der Waals surface area (Å²) in [5.74, 6) is -2.32. The Morgan fingerprint density at radius 3 is 2.74 bits per heavy atom. The van der Waals surface area contributed by atoms with Crippen LogP contribution in [0.2, 0.25) is 0 Å². The number of anilines is 1.